The molecular weight excluding hydrogens is 250 g/mol. The van der Waals surface area contributed by atoms with Crippen molar-refractivity contribution in [3.05, 3.63) is 34.9 Å². The van der Waals surface area contributed by atoms with Crippen molar-refractivity contribution in [2.45, 2.75) is 25.6 Å². The molecule has 0 aliphatic rings. The Balaban J connectivity index is 2.48. The zero-order chi connectivity index (χ0) is 13.5. The molecule has 1 unspecified atom stereocenters. The van der Waals surface area contributed by atoms with E-state index >= 15 is 0 Å². The van der Waals surface area contributed by atoms with Crippen molar-refractivity contribution in [2.75, 3.05) is 20.3 Å². The van der Waals surface area contributed by atoms with Crippen molar-refractivity contribution >= 4 is 17.5 Å². The van der Waals surface area contributed by atoms with Gasteiger partial charge in [-0.05, 0) is 31.9 Å². The summed E-state index contributed by atoms with van der Waals surface area (Å²) in [6, 6.07) is 5.86. The third-order valence-electron chi connectivity index (χ3n) is 2.73. The van der Waals surface area contributed by atoms with Crippen LogP contribution >= 0.6 is 11.6 Å². The lowest BCUT2D eigenvalue weighted by molar-refractivity contribution is 0.0951. The SMILES string of the molecule is COCC(Cl)CCNC(=O)c1cc(C)ccc1C. The van der Waals surface area contributed by atoms with Gasteiger partial charge in [0.25, 0.3) is 5.91 Å². The molecule has 0 fully saturated rings. The Labute approximate surface area is 113 Å². The van der Waals surface area contributed by atoms with Crippen molar-refractivity contribution in [1.29, 1.82) is 0 Å². The number of benzene rings is 1. The highest BCUT2D eigenvalue weighted by molar-refractivity contribution is 6.20. The Morgan fingerprint density at radius 1 is 1.44 bits per heavy atom. The fourth-order valence-corrected chi connectivity index (χ4v) is 1.92. The first-order valence-electron chi connectivity index (χ1n) is 6.03. The van der Waals surface area contributed by atoms with E-state index in [0.717, 1.165) is 16.7 Å². The second-order valence-electron chi connectivity index (χ2n) is 4.42. The Hall–Kier alpha value is -1.06. The van der Waals surface area contributed by atoms with Crippen LogP contribution in [0.4, 0.5) is 0 Å². The average Bonchev–Trinajstić information content (AvgIpc) is 2.32. The molecular formula is C14H20ClNO2. The topological polar surface area (TPSA) is 38.3 Å². The maximum Gasteiger partial charge on any atom is 0.251 e. The number of aryl methyl sites for hydroxylation is 2. The first kappa shape index (κ1) is 15.0. The van der Waals surface area contributed by atoms with Crippen LogP contribution in [-0.4, -0.2) is 31.5 Å². The zero-order valence-electron chi connectivity index (χ0n) is 11.1. The van der Waals surface area contributed by atoms with Crippen LogP contribution in [0.25, 0.3) is 0 Å². The predicted octanol–water partition coefficient (Wildman–Crippen LogP) is 2.68. The molecule has 1 rings (SSSR count). The Morgan fingerprint density at radius 2 is 2.17 bits per heavy atom. The maximum absolute atomic E-state index is 12.0. The smallest absolute Gasteiger partial charge is 0.251 e. The summed E-state index contributed by atoms with van der Waals surface area (Å²) in [7, 11) is 1.62. The van der Waals surface area contributed by atoms with E-state index in [0.29, 0.717) is 19.6 Å². The summed E-state index contributed by atoms with van der Waals surface area (Å²) in [6.45, 7) is 4.97. The zero-order valence-corrected chi connectivity index (χ0v) is 11.9. The minimum atomic E-state index is -0.0612. The van der Waals surface area contributed by atoms with Crippen molar-refractivity contribution in [2.24, 2.45) is 0 Å². The fourth-order valence-electron chi connectivity index (χ4n) is 1.68. The lowest BCUT2D eigenvalue weighted by atomic mass is 10.1. The van der Waals surface area contributed by atoms with Crippen molar-refractivity contribution in [1.82, 2.24) is 5.32 Å². The average molecular weight is 270 g/mol. The molecule has 1 N–H and O–H groups in total. The molecule has 100 valence electrons. The molecule has 1 aromatic carbocycles. The van der Waals surface area contributed by atoms with E-state index in [4.69, 9.17) is 16.3 Å². The molecule has 18 heavy (non-hydrogen) atoms. The van der Waals surface area contributed by atoms with Crippen LogP contribution in [0.15, 0.2) is 18.2 Å². The molecule has 4 heteroatoms. The minimum Gasteiger partial charge on any atom is -0.383 e. The normalized spacial score (nSPS) is 12.2. The standard InChI is InChI=1S/C14H20ClNO2/c1-10-4-5-11(2)13(8-10)14(17)16-7-6-12(15)9-18-3/h4-5,8,12H,6-7,9H2,1-3H3,(H,16,17). The second-order valence-corrected chi connectivity index (χ2v) is 5.03. The van der Waals surface area contributed by atoms with Crippen LogP contribution in [0.2, 0.25) is 0 Å². The number of hydrogen-bond donors (Lipinski definition) is 1. The second kappa shape index (κ2) is 7.39. The Bertz CT molecular complexity index is 407. The van der Waals surface area contributed by atoms with Crippen LogP contribution in [-0.2, 0) is 4.74 Å². The molecule has 0 saturated carbocycles. The van der Waals surface area contributed by atoms with Gasteiger partial charge in [0, 0.05) is 19.2 Å². The van der Waals surface area contributed by atoms with E-state index < -0.39 is 0 Å². The van der Waals surface area contributed by atoms with Gasteiger partial charge in [-0.1, -0.05) is 17.7 Å². The van der Waals surface area contributed by atoms with Crippen molar-refractivity contribution in [3.63, 3.8) is 0 Å². The largest absolute Gasteiger partial charge is 0.383 e. The van der Waals surface area contributed by atoms with E-state index in [1.807, 2.05) is 32.0 Å². The quantitative estimate of drug-likeness (QED) is 0.807. The van der Waals surface area contributed by atoms with E-state index in [-0.39, 0.29) is 11.3 Å². The van der Waals surface area contributed by atoms with Gasteiger partial charge in [-0.25, -0.2) is 0 Å². The van der Waals surface area contributed by atoms with Gasteiger partial charge in [-0.3, -0.25) is 4.79 Å². The number of amides is 1. The van der Waals surface area contributed by atoms with Gasteiger partial charge in [0.15, 0.2) is 0 Å². The molecule has 0 aliphatic carbocycles. The summed E-state index contributed by atoms with van der Waals surface area (Å²) >= 11 is 5.99. The van der Waals surface area contributed by atoms with Crippen LogP contribution in [0, 0.1) is 13.8 Å². The molecule has 0 bridgehead atoms. The van der Waals surface area contributed by atoms with Crippen molar-refractivity contribution in [3.8, 4) is 0 Å². The summed E-state index contributed by atoms with van der Waals surface area (Å²) in [5.41, 5.74) is 2.80. The molecule has 1 aromatic rings. The lowest BCUT2D eigenvalue weighted by Crippen LogP contribution is -2.27. The minimum absolute atomic E-state index is 0.0440. The number of nitrogens with one attached hydrogen (secondary N) is 1. The van der Waals surface area contributed by atoms with Gasteiger partial charge in [0.2, 0.25) is 0 Å². The van der Waals surface area contributed by atoms with Gasteiger partial charge in [-0.15, -0.1) is 11.6 Å². The van der Waals surface area contributed by atoms with Crippen LogP contribution in [0.5, 0.6) is 0 Å². The molecule has 3 nitrogen and oxygen atoms in total. The predicted molar refractivity (Wildman–Crippen MR) is 74.4 cm³/mol. The number of carbonyl (C=O) groups is 1. The molecule has 0 radical (unpaired) electrons. The van der Waals surface area contributed by atoms with E-state index in [2.05, 4.69) is 5.32 Å². The van der Waals surface area contributed by atoms with Gasteiger partial charge in [0.05, 0.1) is 12.0 Å². The molecule has 0 aliphatic heterocycles. The van der Waals surface area contributed by atoms with Crippen LogP contribution in [0.3, 0.4) is 0 Å². The molecule has 0 spiro atoms. The number of alkyl halides is 1. The fraction of sp³-hybridized carbons (Fsp3) is 0.500. The molecule has 1 amide bonds. The van der Waals surface area contributed by atoms with Gasteiger partial charge in [-0.2, -0.15) is 0 Å². The van der Waals surface area contributed by atoms with E-state index in [9.17, 15) is 4.79 Å². The van der Waals surface area contributed by atoms with E-state index in [1.54, 1.807) is 7.11 Å². The number of hydrogen-bond acceptors (Lipinski definition) is 2. The van der Waals surface area contributed by atoms with E-state index in [1.165, 1.54) is 0 Å². The Kier molecular flexibility index (Phi) is 6.16. The highest BCUT2D eigenvalue weighted by Crippen LogP contribution is 2.10. The third-order valence-corrected chi connectivity index (χ3v) is 3.07. The summed E-state index contributed by atoms with van der Waals surface area (Å²) in [6.07, 6.45) is 0.700. The molecule has 0 aromatic heterocycles. The number of ether oxygens (including phenoxy) is 1. The van der Waals surface area contributed by atoms with Crippen LogP contribution < -0.4 is 5.32 Å². The Morgan fingerprint density at radius 3 is 2.83 bits per heavy atom. The van der Waals surface area contributed by atoms with Gasteiger partial charge >= 0.3 is 0 Å². The first-order valence-corrected chi connectivity index (χ1v) is 6.46. The highest BCUT2D eigenvalue weighted by atomic mass is 35.5. The van der Waals surface area contributed by atoms with Gasteiger partial charge < -0.3 is 10.1 Å². The number of rotatable bonds is 6. The van der Waals surface area contributed by atoms with Gasteiger partial charge in [0.1, 0.15) is 0 Å². The number of methoxy groups -OCH3 is 1. The monoisotopic (exact) mass is 269 g/mol. The highest BCUT2D eigenvalue weighted by Gasteiger charge is 2.10. The summed E-state index contributed by atoms with van der Waals surface area (Å²) in [5, 5.41) is 2.82. The first-order chi connectivity index (χ1) is 8.54. The lowest BCUT2D eigenvalue weighted by Gasteiger charge is -2.11. The van der Waals surface area contributed by atoms with Crippen molar-refractivity contribution < 1.29 is 9.53 Å². The molecule has 1 atom stereocenters. The number of halogens is 1. The van der Waals surface area contributed by atoms with Crippen LogP contribution in [0.1, 0.15) is 27.9 Å². The molecule has 0 saturated heterocycles. The summed E-state index contributed by atoms with van der Waals surface area (Å²) in [5.74, 6) is -0.0440. The summed E-state index contributed by atoms with van der Waals surface area (Å²) < 4.78 is 4.94. The summed E-state index contributed by atoms with van der Waals surface area (Å²) in [4.78, 5) is 12.0. The number of carbonyl (C=O) groups excluding carboxylic acids is 1. The third kappa shape index (κ3) is 4.67. The molecule has 0 heterocycles. The maximum atomic E-state index is 12.0.